The van der Waals surface area contributed by atoms with E-state index in [1.807, 2.05) is 24.3 Å². The minimum Gasteiger partial charge on any atom is -0.497 e. The van der Waals surface area contributed by atoms with Crippen molar-refractivity contribution in [2.75, 3.05) is 46.5 Å². The van der Waals surface area contributed by atoms with E-state index >= 15 is 0 Å². The van der Waals surface area contributed by atoms with Crippen LogP contribution < -0.4 is 15.4 Å². The first-order chi connectivity index (χ1) is 14.1. The van der Waals surface area contributed by atoms with Gasteiger partial charge in [0.25, 0.3) is 5.91 Å². The molecular formula is C20H24BrN3O4S. The van der Waals surface area contributed by atoms with Crippen LogP contribution in [0.5, 0.6) is 5.75 Å². The minimum atomic E-state index is -0.254. The van der Waals surface area contributed by atoms with Crippen molar-refractivity contribution in [3.8, 4) is 5.75 Å². The van der Waals surface area contributed by atoms with Gasteiger partial charge in [-0.2, -0.15) is 0 Å². The number of nitrogens with one attached hydrogen (secondary N) is 2. The van der Waals surface area contributed by atoms with Gasteiger partial charge in [-0.3, -0.25) is 14.5 Å². The zero-order chi connectivity index (χ0) is 20.6. The van der Waals surface area contributed by atoms with Gasteiger partial charge < -0.3 is 20.1 Å². The topological polar surface area (TPSA) is 79.9 Å². The zero-order valence-corrected chi connectivity index (χ0v) is 18.6. The average Bonchev–Trinajstić information content (AvgIpc) is 3.20. The van der Waals surface area contributed by atoms with Gasteiger partial charge in [-0.1, -0.05) is 12.1 Å². The zero-order valence-electron chi connectivity index (χ0n) is 16.2. The fraction of sp³-hybridized carbons (Fsp3) is 0.400. The van der Waals surface area contributed by atoms with Gasteiger partial charge in [0.05, 0.1) is 41.6 Å². The molecule has 156 valence electrons. The quantitative estimate of drug-likeness (QED) is 0.605. The number of methoxy groups -OCH3 is 1. The third-order valence-electron chi connectivity index (χ3n) is 4.69. The van der Waals surface area contributed by atoms with E-state index in [9.17, 15) is 9.59 Å². The van der Waals surface area contributed by atoms with Gasteiger partial charge in [-0.15, -0.1) is 11.3 Å². The molecule has 2 N–H and O–H groups in total. The van der Waals surface area contributed by atoms with Crippen molar-refractivity contribution in [3.63, 3.8) is 0 Å². The van der Waals surface area contributed by atoms with Crippen LogP contribution in [0.15, 0.2) is 40.2 Å². The Morgan fingerprint density at radius 1 is 1.17 bits per heavy atom. The highest BCUT2D eigenvalue weighted by Gasteiger charge is 2.23. The lowest BCUT2D eigenvalue weighted by molar-refractivity contribution is -0.120. The lowest BCUT2D eigenvalue weighted by Gasteiger charge is -2.35. The molecule has 0 saturated carbocycles. The third-order valence-corrected chi connectivity index (χ3v) is 6.31. The molecule has 29 heavy (non-hydrogen) atoms. The van der Waals surface area contributed by atoms with Gasteiger partial charge >= 0.3 is 0 Å². The number of carbonyl (C=O) groups excluding carboxylic acids is 2. The predicted octanol–water partition coefficient (Wildman–Crippen LogP) is 2.44. The second-order valence-corrected chi connectivity index (χ2v) is 8.99. The molecule has 2 aromatic rings. The first kappa shape index (κ1) is 21.8. The van der Waals surface area contributed by atoms with E-state index in [0.717, 1.165) is 28.2 Å². The fourth-order valence-electron chi connectivity index (χ4n) is 3.13. The number of amides is 2. The van der Waals surface area contributed by atoms with Crippen molar-refractivity contribution in [2.45, 2.75) is 6.04 Å². The summed E-state index contributed by atoms with van der Waals surface area (Å²) < 4.78 is 11.6. The van der Waals surface area contributed by atoms with Gasteiger partial charge in [0.15, 0.2) is 0 Å². The molecule has 2 heterocycles. The van der Waals surface area contributed by atoms with E-state index in [1.165, 1.54) is 11.3 Å². The van der Waals surface area contributed by atoms with Gasteiger partial charge in [-0.05, 0) is 45.8 Å². The first-order valence-corrected chi connectivity index (χ1v) is 10.9. The van der Waals surface area contributed by atoms with Crippen molar-refractivity contribution in [2.24, 2.45) is 0 Å². The summed E-state index contributed by atoms with van der Waals surface area (Å²) in [5.74, 6) is 0.318. The van der Waals surface area contributed by atoms with Crippen molar-refractivity contribution in [3.05, 3.63) is 50.6 Å². The van der Waals surface area contributed by atoms with Crippen LogP contribution >= 0.6 is 27.3 Å². The van der Waals surface area contributed by atoms with Crippen molar-refractivity contribution < 1.29 is 19.1 Å². The molecule has 1 aromatic heterocycles. The van der Waals surface area contributed by atoms with Gasteiger partial charge in [0.2, 0.25) is 5.91 Å². The molecule has 0 aliphatic carbocycles. The predicted molar refractivity (Wildman–Crippen MR) is 115 cm³/mol. The van der Waals surface area contributed by atoms with Crippen LogP contribution in [0.4, 0.5) is 0 Å². The molecule has 1 aliphatic rings. The molecule has 7 nitrogen and oxygen atoms in total. The number of carbonyl (C=O) groups is 2. The Labute approximate surface area is 182 Å². The number of nitrogens with zero attached hydrogens (tertiary/aromatic N) is 1. The number of hydrogen-bond donors (Lipinski definition) is 2. The minimum absolute atomic E-state index is 0.0257. The number of halogens is 1. The van der Waals surface area contributed by atoms with Gasteiger partial charge in [0, 0.05) is 19.6 Å². The van der Waals surface area contributed by atoms with Crippen molar-refractivity contribution in [1.82, 2.24) is 15.5 Å². The van der Waals surface area contributed by atoms with Crippen LogP contribution in [0.3, 0.4) is 0 Å². The Morgan fingerprint density at radius 2 is 1.90 bits per heavy atom. The monoisotopic (exact) mass is 481 g/mol. The molecular weight excluding hydrogens is 458 g/mol. The highest BCUT2D eigenvalue weighted by molar-refractivity contribution is 9.11. The molecule has 1 saturated heterocycles. The molecule has 1 fully saturated rings. The molecule has 1 unspecified atom stereocenters. The maximum atomic E-state index is 12.3. The second kappa shape index (κ2) is 10.7. The number of hydrogen-bond acceptors (Lipinski definition) is 6. The molecule has 2 amide bonds. The van der Waals surface area contributed by atoms with Gasteiger partial charge in [-0.25, -0.2) is 0 Å². The van der Waals surface area contributed by atoms with E-state index in [1.54, 1.807) is 19.2 Å². The maximum absolute atomic E-state index is 12.3. The molecule has 1 aliphatic heterocycles. The lowest BCUT2D eigenvalue weighted by Crippen LogP contribution is -2.45. The molecule has 1 aromatic carbocycles. The summed E-state index contributed by atoms with van der Waals surface area (Å²) >= 11 is 4.66. The van der Waals surface area contributed by atoms with E-state index in [4.69, 9.17) is 9.47 Å². The Balaban J connectivity index is 1.56. The SMILES string of the molecule is COc1ccc(C(CNC(=O)CNC(=O)c2ccc(Br)s2)N2CCOCC2)cc1. The Kier molecular flexibility index (Phi) is 8.05. The largest absolute Gasteiger partial charge is 0.497 e. The van der Waals surface area contributed by atoms with Gasteiger partial charge in [0.1, 0.15) is 5.75 Å². The summed E-state index contributed by atoms with van der Waals surface area (Å²) in [4.78, 5) is 27.3. The molecule has 3 rings (SSSR count). The van der Waals surface area contributed by atoms with E-state index in [2.05, 4.69) is 31.5 Å². The normalized spacial score (nSPS) is 15.5. The van der Waals surface area contributed by atoms with Crippen LogP contribution in [-0.2, 0) is 9.53 Å². The molecule has 1 atom stereocenters. The first-order valence-electron chi connectivity index (χ1n) is 9.33. The Hall–Kier alpha value is -1.94. The van der Waals surface area contributed by atoms with E-state index < -0.39 is 0 Å². The molecule has 0 radical (unpaired) electrons. The van der Waals surface area contributed by atoms with Crippen LogP contribution in [-0.4, -0.2) is 63.2 Å². The Bertz CT molecular complexity index is 821. The van der Waals surface area contributed by atoms with Crippen LogP contribution in [0, 0.1) is 0 Å². The maximum Gasteiger partial charge on any atom is 0.261 e. The molecule has 9 heteroatoms. The van der Waals surface area contributed by atoms with E-state index in [0.29, 0.717) is 24.6 Å². The van der Waals surface area contributed by atoms with Crippen LogP contribution in [0.25, 0.3) is 0 Å². The van der Waals surface area contributed by atoms with Crippen molar-refractivity contribution in [1.29, 1.82) is 0 Å². The summed E-state index contributed by atoms with van der Waals surface area (Å²) in [6.45, 7) is 3.34. The number of rotatable bonds is 8. The number of thiophene rings is 1. The lowest BCUT2D eigenvalue weighted by atomic mass is 10.0. The summed E-state index contributed by atoms with van der Waals surface area (Å²) in [5, 5.41) is 5.60. The van der Waals surface area contributed by atoms with Crippen LogP contribution in [0.2, 0.25) is 0 Å². The summed E-state index contributed by atoms with van der Waals surface area (Å²) in [6, 6.07) is 11.4. The van der Waals surface area contributed by atoms with Crippen molar-refractivity contribution >= 4 is 39.1 Å². The average molecular weight is 482 g/mol. The number of ether oxygens (including phenoxy) is 2. The molecule has 0 spiro atoms. The highest BCUT2D eigenvalue weighted by atomic mass is 79.9. The summed E-state index contributed by atoms with van der Waals surface area (Å²) in [5.41, 5.74) is 1.10. The fourth-order valence-corrected chi connectivity index (χ4v) is 4.43. The highest BCUT2D eigenvalue weighted by Crippen LogP contribution is 2.24. The molecule has 0 bridgehead atoms. The van der Waals surface area contributed by atoms with Crippen LogP contribution in [0.1, 0.15) is 21.3 Å². The Morgan fingerprint density at radius 3 is 2.52 bits per heavy atom. The standard InChI is InChI=1S/C20H24BrN3O4S/c1-27-15-4-2-14(3-5-15)16(24-8-10-28-11-9-24)12-22-19(25)13-23-20(26)17-6-7-18(21)29-17/h2-7,16H,8-13H2,1H3,(H,22,25)(H,23,26). The third kappa shape index (κ3) is 6.27. The summed E-state index contributed by atoms with van der Waals surface area (Å²) in [6.07, 6.45) is 0. The second-order valence-electron chi connectivity index (χ2n) is 6.53. The number of benzene rings is 1. The smallest absolute Gasteiger partial charge is 0.261 e. The number of morpholine rings is 1. The summed E-state index contributed by atoms with van der Waals surface area (Å²) in [7, 11) is 1.64. The van der Waals surface area contributed by atoms with E-state index in [-0.39, 0.29) is 24.4 Å².